The summed E-state index contributed by atoms with van der Waals surface area (Å²) in [6.07, 6.45) is 1.35. The van der Waals surface area contributed by atoms with E-state index >= 15 is 0 Å². The standard InChI is InChI=1S/C19H25N3O2/c1-21-13-16-7-9-17(10-8-16)14-24-22-19(23)18(20)12-11-15-5-3-2-4-6-15/h2-10,18,21H,11-14,20H2,1H3,(H,22,23). The fraction of sp³-hybridized carbons (Fsp3) is 0.316. The lowest BCUT2D eigenvalue weighted by atomic mass is 10.1. The molecule has 2 aromatic carbocycles. The van der Waals surface area contributed by atoms with Gasteiger partial charge in [-0.2, -0.15) is 0 Å². The molecule has 128 valence electrons. The molecule has 0 heterocycles. The lowest BCUT2D eigenvalue weighted by Gasteiger charge is -2.12. The van der Waals surface area contributed by atoms with Gasteiger partial charge in [0.1, 0.15) is 0 Å². The summed E-state index contributed by atoms with van der Waals surface area (Å²) in [6.45, 7) is 1.14. The third kappa shape index (κ3) is 6.12. The molecule has 0 radical (unpaired) electrons. The second-order valence-corrected chi connectivity index (χ2v) is 5.73. The molecule has 0 bridgehead atoms. The third-order valence-corrected chi connectivity index (χ3v) is 3.74. The number of hydrogen-bond donors (Lipinski definition) is 3. The van der Waals surface area contributed by atoms with Gasteiger partial charge in [-0.05, 0) is 36.6 Å². The van der Waals surface area contributed by atoms with E-state index in [4.69, 9.17) is 10.6 Å². The summed E-state index contributed by atoms with van der Waals surface area (Å²) in [4.78, 5) is 17.2. The molecule has 1 atom stereocenters. The first-order valence-electron chi connectivity index (χ1n) is 8.12. The van der Waals surface area contributed by atoms with Crippen LogP contribution in [0.3, 0.4) is 0 Å². The molecule has 4 N–H and O–H groups in total. The first kappa shape index (κ1) is 18.1. The van der Waals surface area contributed by atoms with Crippen molar-refractivity contribution in [1.82, 2.24) is 10.8 Å². The summed E-state index contributed by atoms with van der Waals surface area (Å²) < 4.78 is 0. The molecule has 0 saturated carbocycles. The average molecular weight is 327 g/mol. The Kier molecular flexibility index (Phi) is 7.42. The van der Waals surface area contributed by atoms with Crippen LogP contribution in [0.15, 0.2) is 54.6 Å². The number of nitrogens with one attached hydrogen (secondary N) is 2. The van der Waals surface area contributed by atoms with E-state index in [9.17, 15) is 4.79 Å². The molecule has 5 heteroatoms. The van der Waals surface area contributed by atoms with E-state index in [0.717, 1.165) is 18.5 Å². The van der Waals surface area contributed by atoms with Crippen LogP contribution in [0.2, 0.25) is 0 Å². The van der Waals surface area contributed by atoms with Gasteiger partial charge in [0.25, 0.3) is 5.91 Å². The first-order valence-corrected chi connectivity index (χ1v) is 8.12. The van der Waals surface area contributed by atoms with E-state index in [1.807, 2.05) is 61.6 Å². The number of aryl methyl sites for hydroxylation is 1. The summed E-state index contributed by atoms with van der Waals surface area (Å²) in [5.41, 5.74) is 11.7. The highest BCUT2D eigenvalue weighted by atomic mass is 16.6. The van der Waals surface area contributed by atoms with Crippen LogP contribution >= 0.6 is 0 Å². The van der Waals surface area contributed by atoms with Crippen LogP contribution < -0.4 is 16.5 Å². The summed E-state index contributed by atoms with van der Waals surface area (Å²) in [5, 5.41) is 3.10. The van der Waals surface area contributed by atoms with E-state index < -0.39 is 6.04 Å². The molecule has 0 aliphatic rings. The highest BCUT2D eigenvalue weighted by Gasteiger charge is 2.13. The number of carbonyl (C=O) groups excluding carboxylic acids is 1. The molecular weight excluding hydrogens is 302 g/mol. The molecule has 1 unspecified atom stereocenters. The van der Waals surface area contributed by atoms with Crippen molar-refractivity contribution in [3.63, 3.8) is 0 Å². The van der Waals surface area contributed by atoms with Crippen molar-refractivity contribution in [1.29, 1.82) is 0 Å². The molecule has 5 nitrogen and oxygen atoms in total. The Balaban J connectivity index is 1.68. The second kappa shape index (κ2) is 9.82. The topological polar surface area (TPSA) is 76.4 Å². The van der Waals surface area contributed by atoms with Gasteiger partial charge in [-0.15, -0.1) is 0 Å². The number of nitrogens with two attached hydrogens (primary N) is 1. The monoisotopic (exact) mass is 327 g/mol. The molecule has 24 heavy (non-hydrogen) atoms. The Morgan fingerprint density at radius 3 is 2.38 bits per heavy atom. The van der Waals surface area contributed by atoms with Gasteiger partial charge < -0.3 is 11.1 Å². The highest BCUT2D eigenvalue weighted by molar-refractivity contribution is 5.80. The smallest absolute Gasteiger partial charge is 0.260 e. The lowest BCUT2D eigenvalue weighted by Crippen LogP contribution is -2.40. The van der Waals surface area contributed by atoms with Gasteiger partial charge >= 0.3 is 0 Å². The van der Waals surface area contributed by atoms with Crippen LogP contribution in [-0.2, 0) is 29.2 Å². The number of hydroxylamine groups is 1. The summed E-state index contributed by atoms with van der Waals surface area (Å²) in [7, 11) is 1.91. The Morgan fingerprint density at radius 2 is 1.71 bits per heavy atom. The summed E-state index contributed by atoms with van der Waals surface area (Å²) >= 11 is 0. The SMILES string of the molecule is CNCc1ccc(CONC(=O)C(N)CCc2ccccc2)cc1. The Hall–Kier alpha value is -2.21. The Morgan fingerprint density at radius 1 is 1.04 bits per heavy atom. The minimum absolute atomic E-state index is 0.294. The molecule has 0 aromatic heterocycles. The van der Waals surface area contributed by atoms with Gasteiger partial charge in [0, 0.05) is 6.54 Å². The molecule has 0 spiro atoms. The largest absolute Gasteiger partial charge is 0.320 e. The molecule has 2 aromatic rings. The number of rotatable bonds is 9. The summed E-state index contributed by atoms with van der Waals surface area (Å²) in [6, 6.07) is 17.4. The number of benzene rings is 2. The summed E-state index contributed by atoms with van der Waals surface area (Å²) in [5.74, 6) is -0.294. The number of amides is 1. The third-order valence-electron chi connectivity index (χ3n) is 3.74. The molecule has 0 aliphatic heterocycles. The number of hydrogen-bond acceptors (Lipinski definition) is 4. The van der Waals surface area contributed by atoms with Crippen LogP contribution in [-0.4, -0.2) is 19.0 Å². The number of carbonyl (C=O) groups is 1. The predicted octanol–water partition coefficient (Wildman–Crippen LogP) is 1.91. The Labute approximate surface area is 143 Å². The quantitative estimate of drug-likeness (QED) is 0.615. The molecule has 0 aliphatic carbocycles. The van der Waals surface area contributed by atoms with E-state index in [-0.39, 0.29) is 5.91 Å². The van der Waals surface area contributed by atoms with Crippen molar-refractivity contribution >= 4 is 5.91 Å². The van der Waals surface area contributed by atoms with Crippen LogP contribution in [0.4, 0.5) is 0 Å². The zero-order chi connectivity index (χ0) is 17.2. The minimum atomic E-state index is -0.580. The molecule has 0 saturated heterocycles. The second-order valence-electron chi connectivity index (χ2n) is 5.73. The highest BCUT2D eigenvalue weighted by Crippen LogP contribution is 2.06. The van der Waals surface area contributed by atoms with Crippen molar-refractivity contribution in [2.24, 2.45) is 5.73 Å². The van der Waals surface area contributed by atoms with E-state index in [2.05, 4.69) is 10.8 Å². The molecule has 2 rings (SSSR count). The first-order chi connectivity index (χ1) is 11.7. The van der Waals surface area contributed by atoms with Gasteiger partial charge in [0.15, 0.2) is 0 Å². The fourth-order valence-electron chi connectivity index (χ4n) is 2.32. The van der Waals surface area contributed by atoms with Crippen molar-refractivity contribution in [2.45, 2.75) is 32.0 Å². The molecule has 1 amide bonds. The average Bonchev–Trinajstić information content (AvgIpc) is 2.62. The van der Waals surface area contributed by atoms with Crippen molar-refractivity contribution in [3.05, 3.63) is 71.3 Å². The fourth-order valence-corrected chi connectivity index (χ4v) is 2.32. The molecular formula is C19H25N3O2. The van der Waals surface area contributed by atoms with Gasteiger partial charge in [-0.25, -0.2) is 5.48 Å². The van der Waals surface area contributed by atoms with Gasteiger partial charge in [-0.3, -0.25) is 9.63 Å². The zero-order valence-electron chi connectivity index (χ0n) is 14.0. The van der Waals surface area contributed by atoms with Gasteiger partial charge in [0.05, 0.1) is 12.6 Å². The lowest BCUT2D eigenvalue weighted by molar-refractivity contribution is -0.136. The van der Waals surface area contributed by atoms with E-state index in [0.29, 0.717) is 13.0 Å². The molecule has 0 fully saturated rings. The predicted molar refractivity (Wildman–Crippen MR) is 94.9 cm³/mol. The van der Waals surface area contributed by atoms with E-state index in [1.165, 1.54) is 11.1 Å². The minimum Gasteiger partial charge on any atom is -0.320 e. The van der Waals surface area contributed by atoms with Gasteiger partial charge in [0.2, 0.25) is 0 Å². The maximum atomic E-state index is 11.9. The van der Waals surface area contributed by atoms with Gasteiger partial charge in [-0.1, -0.05) is 54.6 Å². The maximum absolute atomic E-state index is 11.9. The van der Waals surface area contributed by atoms with Crippen LogP contribution in [0.1, 0.15) is 23.1 Å². The maximum Gasteiger partial charge on any atom is 0.260 e. The normalized spacial score (nSPS) is 11.9. The van der Waals surface area contributed by atoms with Crippen molar-refractivity contribution < 1.29 is 9.63 Å². The van der Waals surface area contributed by atoms with Crippen LogP contribution in [0, 0.1) is 0 Å². The van der Waals surface area contributed by atoms with E-state index in [1.54, 1.807) is 0 Å². The van der Waals surface area contributed by atoms with Crippen LogP contribution in [0.5, 0.6) is 0 Å². The van der Waals surface area contributed by atoms with Crippen molar-refractivity contribution in [2.75, 3.05) is 7.05 Å². The Bertz CT molecular complexity index is 614. The van der Waals surface area contributed by atoms with Crippen LogP contribution in [0.25, 0.3) is 0 Å². The zero-order valence-corrected chi connectivity index (χ0v) is 14.0. The van der Waals surface area contributed by atoms with Crippen molar-refractivity contribution in [3.8, 4) is 0 Å².